The van der Waals surface area contributed by atoms with Gasteiger partial charge in [0.15, 0.2) is 17.5 Å². The fourth-order valence-electron chi connectivity index (χ4n) is 6.63. The number of benzene rings is 2. The molecule has 0 aliphatic carbocycles. The second kappa shape index (κ2) is 11.7. The molecule has 1 N–H and O–H groups in total. The number of carbonyl (C=O) groups is 2. The first kappa shape index (κ1) is 31.6. The number of rotatable bonds is 5. The van der Waals surface area contributed by atoms with Crippen molar-refractivity contribution in [3.8, 4) is 22.8 Å². The van der Waals surface area contributed by atoms with Crippen molar-refractivity contribution in [2.45, 2.75) is 51.1 Å². The van der Waals surface area contributed by atoms with Crippen molar-refractivity contribution in [2.24, 2.45) is 11.8 Å². The van der Waals surface area contributed by atoms with Gasteiger partial charge >= 0.3 is 12.3 Å². The van der Waals surface area contributed by atoms with Crippen LogP contribution in [0.1, 0.15) is 55.2 Å². The van der Waals surface area contributed by atoms with Crippen LogP contribution >= 0.6 is 0 Å². The van der Waals surface area contributed by atoms with Gasteiger partial charge in [-0.25, -0.2) is 9.48 Å². The zero-order valence-corrected chi connectivity index (χ0v) is 26.4. The van der Waals surface area contributed by atoms with Crippen LogP contribution in [0.5, 0.6) is 11.5 Å². The molecule has 2 aromatic carbocycles. The van der Waals surface area contributed by atoms with Crippen LogP contribution in [0.2, 0.25) is 0 Å². The molecule has 246 valence electrons. The van der Waals surface area contributed by atoms with Crippen molar-refractivity contribution in [3.05, 3.63) is 59.7 Å². The lowest BCUT2D eigenvalue weighted by Crippen LogP contribution is -2.38. The number of anilines is 1. The fraction of sp³-hybridized carbons (Fsp3) is 0.485. The van der Waals surface area contributed by atoms with E-state index in [0.717, 1.165) is 4.68 Å². The zero-order valence-electron chi connectivity index (χ0n) is 26.4. The predicted molar refractivity (Wildman–Crippen MR) is 164 cm³/mol. The van der Waals surface area contributed by atoms with Crippen LogP contribution < -0.4 is 14.8 Å². The van der Waals surface area contributed by atoms with E-state index < -0.39 is 23.9 Å². The van der Waals surface area contributed by atoms with Crippen molar-refractivity contribution in [1.29, 1.82) is 0 Å². The SMILES string of the molecule is COc1ccc([C@H]2C[C@@H](C(F)(F)F)n3nc(-c4cccc(C(=O)N5CC6CN(C(=O)OC(C)(C)C)CC6C5)c4)cc3N2)cc1OC. The molecule has 3 aromatic rings. The van der Waals surface area contributed by atoms with Crippen molar-refractivity contribution in [3.63, 3.8) is 0 Å². The average Bonchev–Trinajstić information content (AvgIpc) is 3.72. The van der Waals surface area contributed by atoms with Crippen LogP contribution in [0, 0.1) is 11.8 Å². The van der Waals surface area contributed by atoms with E-state index in [4.69, 9.17) is 14.2 Å². The van der Waals surface area contributed by atoms with Gasteiger partial charge in [0.1, 0.15) is 11.4 Å². The van der Waals surface area contributed by atoms with E-state index in [2.05, 4.69) is 10.4 Å². The summed E-state index contributed by atoms with van der Waals surface area (Å²) in [5, 5.41) is 7.58. The fourth-order valence-corrected chi connectivity index (χ4v) is 6.63. The van der Waals surface area contributed by atoms with Gasteiger partial charge in [-0.05, 0) is 50.6 Å². The molecular formula is C33H38F3N5O5. The van der Waals surface area contributed by atoms with Gasteiger partial charge < -0.3 is 29.3 Å². The molecule has 2 unspecified atom stereocenters. The lowest BCUT2D eigenvalue weighted by atomic mass is 9.96. The highest BCUT2D eigenvalue weighted by Gasteiger charge is 2.47. The molecule has 2 saturated heterocycles. The molecule has 0 saturated carbocycles. The van der Waals surface area contributed by atoms with Gasteiger partial charge in [0.25, 0.3) is 5.91 Å². The largest absolute Gasteiger partial charge is 0.493 e. The Morgan fingerprint density at radius 3 is 2.20 bits per heavy atom. The summed E-state index contributed by atoms with van der Waals surface area (Å²) in [5.74, 6) is 1.28. The number of nitrogens with one attached hydrogen (secondary N) is 1. The number of halogens is 3. The van der Waals surface area contributed by atoms with Crippen molar-refractivity contribution in [1.82, 2.24) is 19.6 Å². The first-order valence-corrected chi connectivity index (χ1v) is 15.3. The van der Waals surface area contributed by atoms with E-state index in [1.165, 1.54) is 14.2 Å². The topological polar surface area (TPSA) is 98.2 Å². The monoisotopic (exact) mass is 641 g/mol. The number of hydrogen-bond acceptors (Lipinski definition) is 7. The van der Waals surface area contributed by atoms with Crippen LogP contribution in [0.4, 0.5) is 23.8 Å². The lowest BCUT2D eigenvalue weighted by molar-refractivity contribution is -0.173. The summed E-state index contributed by atoms with van der Waals surface area (Å²) in [4.78, 5) is 29.6. The van der Waals surface area contributed by atoms with E-state index in [-0.39, 0.29) is 36.1 Å². The van der Waals surface area contributed by atoms with Crippen LogP contribution in [-0.2, 0) is 4.74 Å². The lowest BCUT2D eigenvalue weighted by Gasteiger charge is -2.33. The summed E-state index contributed by atoms with van der Waals surface area (Å²) in [5.41, 5.74) is 1.33. The van der Waals surface area contributed by atoms with Crippen molar-refractivity contribution >= 4 is 17.8 Å². The van der Waals surface area contributed by atoms with Crippen LogP contribution in [0.3, 0.4) is 0 Å². The van der Waals surface area contributed by atoms with Gasteiger partial charge in [-0.1, -0.05) is 18.2 Å². The van der Waals surface area contributed by atoms with Crippen molar-refractivity contribution in [2.75, 3.05) is 45.7 Å². The highest BCUT2D eigenvalue weighted by atomic mass is 19.4. The molecule has 1 aromatic heterocycles. The first-order valence-electron chi connectivity index (χ1n) is 15.3. The maximum absolute atomic E-state index is 14.4. The molecule has 6 rings (SSSR count). The first-order chi connectivity index (χ1) is 21.7. The summed E-state index contributed by atoms with van der Waals surface area (Å²) in [6.07, 6.45) is -5.15. The van der Waals surface area contributed by atoms with Gasteiger partial charge in [0.2, 0.25) is 0 Å². The minimum atomic E-state index is -4.54. The average molecular weight is 642 g/mol. The summed E-state index contributed by atoms with van der Waals surface area (Å²) in [7, 11) is 2.97. The Bertz CT molecular complexity index is 1620. The van der Waals surface area contributed by atoms with Crippen molar-refractivity contribution < 1.29 is 37.0 Å². The Morgan fingerprint density at radius 1 is 0.891 bits per heavy atom. The highest BCUT2D eigenvalue weighted by molar-refractivity contribution is 5.95. The molecule has 2 amide bonds. The molecule has 4 heterocycles. The molecule has 2 fully saturated rings. The zero-order chi connectivity index (χ0) is 33.0. The molecule has 4 atom stereocenters. The third-order valence-electron chi connectivity index (χ3n) is 8.83. The molecule has 46 heavy (non-hydrogen) atoms. The van der Waals surface area contributed by atoms with Gasteiger partial charge in [-0.2, -0.15) is 18.3 Å². The number of amides is 2. The molecule has 3 aliphatic heterocycles. The van der Waals surface area contributed by atoms with E-state index in [9.17, 15) is 22.8 Å². The van der Waals surface area contributed by atoms with Gasteiger partial charge in [-0.3, -0.25) is 4.79 Å². The third-order valence-corrected chi connectivity index (χ3v) is 8.83. The molecule has 0 radical (unpaired) electrons. The third kappa shape index (κ3) is 6.19. The smallest absolute Gasteiger partial charge is 0.410 e. The standard InChI is InChI=1S/C33H38F3N5O5/c1-32(2,3)46-31(43)40-17-22-15-39(16-23(22)18-40)30(42)21-8-6-7-19(11-21)25-14-29-37-24(13-28(33(34,35)36)41(29)38-25)20-9-10-26(44-4)27(12-20)45-5/h6-12,14,22-24,28,37H,13,15-18H2,1-5H3/t22?,23?,24-,28+/m1/s1. The molecular weight excluding hydrogens is 603 g/mol. The Balaban J connectivity index is 1.19. The summed E-state index contributed by atoms with van der Waals surface area (Å²) >= 11 is 0. The quantitative estimate of drug-likeness (QED) is 0.356. The number of alkyl halides is 3. The predicted octanol–water partition coefficient (Wildman–Crippen LogP) is 6.17. The molecule has 13 heteroatoms. The second-order valence-corrected chi connectivity index (χ2v) is 13.2. The number of likely N-dealkylation sites (tertiary alicyclic amines) is 2. The minimum absolute atomic E-state index is 0.156. The van der Waals surface area contributed by atoms with Crippen LogP contribution in [-0.4, -0.2) is 83.8 Å². The number of methoxy groups -OCH3 is 2. The number of ether oxygens (including phenoxy) is 3. The molecule has 0 spiro atoms. The van der Waals surface area contributed by atoms with Crippen LogP contribution in [0.25, 0.3) is 11.3 Å². The Hall–Kier alpha value is -4.42. The molecule has 10 nitrogen and oxygen atoms in total. The summed E-state index contributed by atoms with van der Waals surface area (Å²) in [6.45, 7) is 7.58. The maximum Gasteiger partial charge on any atom is 0.410 e. The Morgan fingerprint density at radius 2 is 1.57 bits per heavy atom. The number of carbonyl (C=O) groups excluding carboxylic acids is 2. The number of nitrogens with zero attached hydrogens (tertiary/aromatic N) is 4. The van der Waals surface area contributed by atoms with Gasteiger partial charge in [0.05, 0.1) is 26.0 Å². The van der Waals surface area contributed by atoms with E-state index >= 15 is 0 Å². The van der Waals surface area contributed by atoms with Crippen LogP contribution in [0.15, 0.2) is 48.5 Å². The second-order valence-electron chi connectivity index (χ2n) is 13.2. The van der Waals surface area contributed by atoms with E-state index in [1.807, 2.05) is 20.8 Å². The Kier molecular flexibility index (Phi) is 8.06. The Labute approximate surface area is 265 Å². The number of aromatic nitrogens is 2. The maximum atomic E-state index is 14.4. The minimum Gasteiger partial charge on any atom is -0.493 e. The molecule has 0 bridgehead atoms. The highest BCUT2D eigenvalue weighted by Crippen LogP contribution is 2.45. The summed E-state index contributed by atoms with van der Waals surface area (Å²) in [6, 6.07) is 11.0. The number of fused-ring (bicyclic) bond motifs is 2. The van der Waals surface area contributed by atoms with Gasteiger partial charge in [0, 0.05) is 61.6 Å². The summed E-state index contributed by atoms with van der Waals surface area (Å²) < 4.78 is 60.2. The molecule has 3 aliphatic rings. The normalized spacial score (nSPS) is 22.6. The number of hydrogen-bond donors (Lipinski definition) is 1. The van der Waals surface area contributed by atoms with E-state index in [0.29, 0.717) is 60.1 Å². The van der Waals surface area contributed by atoms with E-state index in [1.54, 1.807) is 58.3 Å². The van der Waals surface area contributed by atoms with Gasteiger partial charge in [-0.15, -0.1) is 0 Å².